The summed E-state index contributed by atoms with van der Waals surface area (Å²) < 4.78 is 86.3. The van der Waals surface area contributed by atoms with Crippen molar-refractivity contribution >= 4 is 41.8 Å². The first-order chi connectivity index (χ1) is 21.1. The van der Waals surface area contributed by atoms with E-state index in [-0.39, 0.29) is 35.8 Å². The summed E-state index contributed by atoms with van der Waals surface area (Å²) in [4.78, 5) is -1.27. The molecular weight excluding hydrogens is 601 g/mol. The molecule has 6 aromatic rings. The number of ether oxygens (including phenoxy) is 2. The SMILES string of the molecule is O=S(=O)(O)c1c(OCc2ccccc2)cc2ccccc2c1-c1c(S(=O)(=O)O)c(OCc2ccccc2)cc2ccccc12. The average Bonchev–Trinajstić information content (AvgIpc) is 3.01. The summed E-state index contributed by atoms with van der Waals surface area (Å²) in [6.45, 7) is -0.0689. The van der Waals surface area contributed by atoms with Gasteiger partial charge in [0.25, 0.3) is 20.2 Å². The Labute approximate surface area is 254 Å². The fourth-order valence-corrected chi connectivity index (χ4v) is 6.98. The van der Waals surface area contributed by atoms with E-state index in [1.165, 1.54) is 12.1 Å². The van der Waals surface area contributed by atoms with Gasteiger partial charge in [-0.05, 0) is 44.8 Å². The molecule has 0 heterocycles. The Balaban J connectivity index is 1.71. The molecule has 8 nitrogen and oxygen atoms in total. The lowest BCUT2D eigenvalue weighted by Crippen LogP contribution is -2.11. The molecule has 0 radical (unpaired) electrons. The minimum atomic E-state index is -5.05. The number of benzene rings is 6. The summed E-state index contributed by atoms with van der Waals surface area (Å²) >= 11 is 0. The molecule has 10 heteroatoms. The molecule has 6 aromatic carbocycles. The fourth-order valence-electron chi connectivity index (χ4n) is 5.30. The van der Waals surface area contributed by atoms with Gasteiger partial charge in [-0.3, -0.25) is 9.11 Å². The highest BCUT2D eigenvalue weighted by Gasteiger charge is 2.33. The predicted molar refractivity (Wildman–Crippen MR) is 168 cm³/mol. The topological polar surface area (TPSA) is 127 Å². The van der Waals surface area contributed by atoms with Crippen molar-refractivity contribution in [1.82, 2.24) is 0 Å². The molecule has 0 amide bonds. The van der Waals surface area contributed by atoms with Crippen molar-refractivity contribution in [3.63, 3.8) is 0 Å². The van der Waals surface area contributed by atoms with Gasteiger partial charge in [0.15, 0.2) is 0 Å². The van der Waals surface area contributed by atoms with Gasteiger partial charge in [0.1, 0.15) is 34.5 Å². The molecule has 0 saturated carbocycles. The van der Waals surface area contributed by atoms with E-state index in [1.807, 2.05) is 12.1 Å². The maximum absolute atomic E-state index is 13.2. The Morgan fingerprint density at radius 3 is 1.18 bits per heavy atom. The Morgan fingerprint density at radius 2 is 0.818 bits per heavy atom. The van der Waals surface area contributed by atoms with Gasteiger partial charge in [0.05, 0.1) is 0 Å². The van der Waals surface area contributed by atoms with Crippen LogP contribution < -0.4 is 9.47 Å². The van der Waals surface area contributed by atoms with Gasteiger partial charge in [-0.2, -0.15) is 16.8 Å². The van der Waals surface area contributed by atoms with Crippen LogP contribution in [0.1, 0.15) is 11.1 Å². The highest BCUT2D eigenvalue weighted by Crippen LogP contribution is 2.48. The largest absolute Gasteiger partial charge is 0.487 e. The van der Waals surface area contributed by atoms with Crippen LogP contribution in [0.25, 0.3) is 32.7 Å². The lowest BCUT2D eigenvalue weighted by molar-refractivity contribution is 0.296. The normalized spacial score (nSPS) is 12.0. The van der Waals surface area contributed by atoms with E-state index in [1.54, 1.807) is 97.1 Å². The third kappa shape index (κ3) is 5.88. The number of fused-ring (bicyclic) bond motifs is 2. The van der Waals surface area contributed by atoms with Crippen molar-refractivity contribution in [2.75, 3.05) is 0 Å². The third-order valence-corrected chi connectivity index (χ3v) is 9.02. The summed E-state index contributed by atoms with van der Waals surface area (Å²) in [5.74, 6) is -0.378. The lowest BCUT2D eigenvalue weighted by Gasteiger charge is -2.22. The van der Waals surface area contributed by atoms with Gasteiger partial charge in [0.2, 0.25) is 0 Å². The van der Waals surface area contributed by atoms with E-state index >= 15 is 0 Å². The van der Waals surface area contributed by atoms with Gasteiger partial charge < -0.3 is 9.47 Å². The molecule has 0 aliphatic rings. The van der Waals surface area contributed by atoms with Crippen LogP contribution >= 0.6 is 0 Å². The second-order valence-corrected chi connectivity index (χ2v) is 12.8. The zero-order valence-electron chi connectivity index (χ0n) is 23.1. The molecule has 0 saturated heterocycles. The van der Waals surface area contributed by atoms with Crippen molar-refractivity contribution in [3.8, 4) is 22.6 Å². The smallest absolute Gasteiger partial charge is 0.298 e. The van der Waals surface area contributed by atoms with Crippen LogP contribution in [0.2, 0.25) is 0 Å². The first-order valence-electron chi connectivity index (χ1n) is 13.5. The molecule has 2 N–H and O–H groups in total. The van der Waals surface area contributed by atoms with Gasteiger partial charge in [0, 0.05) is 11.1 Å². The molecule has 0 aliphatic heterocycles. The molecule has 0 atom stereocenters. The van der Waals surface area contributed by atoms with E-state index in [0.717, 1.165) is 11.1 Å². The maximum Gasteiger partial charge on any atom is 0.298 e. The van der Waals surface area contributed by atoms with Gasteiger partial charge in [-0.1, -0.05) is 109 Å². The Bertz CT molecular complexity index is 2050. The van der Waals surface area contributed by atoms with Gasteiger partial charge in [-0.15, -0.1) is 0 Å². The Morgan fingerprint density at radius 1 is 0.477 bits per heavy atom. The minimum Gasteiger partial charge on any atom is -0.487 e. The lowest BCUT2D eigenvalue weighted by atomic mass is 9.93. The van der Waals surface area contributed by atoms with Crippen molar-refractivity contribution in [1.29, 1.82) is 0 Å². The summed E-state index contributed by atoms with van der Waals surface area (Å²) in [6.07, 6.45) is 0. The van der Waals surface area contributed by atoms with E-state index in [9.17, 15) is 25.9 Å². The molecular formula is C34H26O8S2. The first kappa shape index (κ1) is 29.3. The standard InChI is InChI=1S/C34H26O8S2/c35-43(36,37)33-29(41-21-23-11-3-1-4-12-23)19-25-15-7-9-17-27(25)31(33)32-28-18-10-8-16-26(28)20-30(34(32)44(38,39)40)42-22-24-13-5-2-6-14-24/h1-20H,21-22H2,(H,35,36,37)(H,38,39,40). The van der Waals surface area contributed by atoms with Crippen LogP contribution in [0.4, 0.5) is 0 Å². The summed E-state index contributed by atoms with van der Waals surface area (Å²) in [5, 5.41) is 1.64. The average molecular weight is 627 g/mol. The van der Waals surface area contributed by atoms with E-state index in [2.05, 4.69) is 0 Å². The minimum absolute atomic E-state index is 0.0345. The molecule has 44 heavy (non-hydrogen) atoms. The summed E-state index contributed by atoms with van der Waals surface area (Å²) in [5.41, 5.74) is 1.18. The van der Waals surface area contributed by atoms with E-state index < -0.39 is 30.0 Å². The molecule has 222 valence electrons. The summed E-state index contributed by atoms with van der Waals surface area (Å²) in [6, 6.07) is 34.5. The molecule has 6 rings (SSSR count). The quantitative estimate of drug-likeness (QED) is 0.160. The van der Waals surface area contributed by atoms with Crippen molar-refractivity contribution < 1.29 is 35.4 Å². The van der Waals surface area contributed by atoms with Crippen molar-refractivity contribution in [3.05, 3.63) is 132 Å². The molecule has 0 aromatic heterocycles. The van der Waals surface area contributed by atoms with Crippen LogP contribution in [-0.4, -0.2) is 25.9 Å². The highest BCUT2D eigenvalue weighted by atomic mass is 32.2. The summed E-state index contributed by atoms with van der Waals surface area (Å²) in [7, 11) is -10.1. The van der Waals surface area contributed by atoms with Gasteiger partial charge >= 0.3 is 0 Å². The zero-order chi connectivity index (χ0) is 30.9. The fraction of sp³-hybridized carbons (Fsp3) is 0.0588. The highest BCUT2D eigenvalue weighted by molar-refractivity contribution is 7.86. The molecule has 0 unspecified atom stereocenters. The Hall–Kier alpha value is -4.74. The van der Waals surface area contributed by atoms with Crippen LogP contribution in [0.3, 0.4) is 0 Å². The molecule has 0 aliphatic carbocycles. The monoisotopic (exact) mass is 626 g/mol. The Kier molecular flexibility index (Phi) is 7.83. The number of hydrogen-bond acceptors (Lipinski definition) is 6. The molecule has 0 bridgehead atoms. The number of hydrogen-bond donors (Lipinski definition) is 2. The van der Waals surface area contributed by atoms with Crippen LogP contribution in [0.15, 0.2) is 131 Å². The number of rotatable bonds is 9. The van der Waals surface area contributed by atoms with Crippen LogP contribution in [0, 0.1) is 0 Å². The molecule has 0 spiro atoms. The van der Waals surface area contributed by atoms with E-state index in [0.29, 0.717) is 21.5 Å². The molecule has 0 fully saturated rings. The zero-order valence-corrected chi connectivity index (χ0v) is 24.8. The first-order valence-corrected chi connectivity index (χ1v) is 16.4. The maximum atomic E-state index is 13.2. The third-order valence-electron chi connectivity index (χ3n) is 7.18. The van der Waals surface area contributed by atoms with Gasteiger partial charge in [-0.25, -0.2) is 0 Å². The van der Waals surface area contributed by atoms with Crippen LogP contribution in [0.5, 0.6) is 11.5 Å². The van der Waals surface area contributed by atoms with Crippen LogP contribution in [-0.2, 0) is 33.5 Å². The predicted octanol–water partition coefficient (Wildman–Crippen LogP) is 7.31. The second-order valence-electron chi connectivity index (χ2n) is 10.1. The van der Waals surface area contributed by atoms with E-state index in [4.69, 9.17) is 9.47 Å². The van der Waals surface area contributed by atoms with Crippen molar-refractivity contribution in [2.24, 2.45) is 0 Å². The van der Waals surface area contributed by atoms with Crippen molar-refractivity contribution in [2.45, 2.75) is 23.0 Å². The second kappa shape index (κ2) is 11.7.